The van der Waals surface area contributed by atoms with E-state index in [0.717, 1.165) is 0 Å². The number of nitrogens with two attached hydrogens (primary N) is 1. The highest BCUT2D eigenvalue weighted by atomic mass is 31.2. The molecular formula is C10H21N2O6P. The van der Waals surface area contributed by atoms with Gasteiger partial charge in [-0.15, -0.1) is 0 Å². The van der Waals surface area contributed by atoms with Crippen LogP contribution in [0.2, 0.25) is 0 Å². The molecule has 0 heterocycles. The minimum atomic E-state index is -3.44. The number of hydrogen-bond acceptors (Lipinski definition) is 6. The lowest BCUT2D eigenvalue weighted by Gasteiger charge is -2.25. The third-order valence-corrected chi connectivity index (χ3v) is 4.42. The first-order chi connectivity index (χ1) is 8.76. The van der Waals surface area contributed by atoms with Crippen LogP contribution in [0, 0.1) is 0 Å². The van der Waals surface area contributed by atoms with Gasteiger partial charge >= 0.3 is 13.7 Å². The van der Waals surface area contributed by atoms with Crippen LogP contribution in [-0.2, 0) is 23.1 Å². The van der Waals surface area contributed by atoms with Crippen molar-refractivity contribution in [3.05, 3.63) is 0 Å². The van der Waals surface area contributed by atoms with Crippen molar-refractivity contribution >= 4 is 19.6 Å². The fraction of sp³-hybridized carbons (Fsp3) is 0.800. The van der Waals surface area contributed by atoms with Gasteiger partial charge in [0, 0.05) is 0 Å². The van der Waals surface area contributed by atoms with Gasteiger partial charge in [0.2, 0.25) is 0 Å². The summed E-state index contributed by atoms with van der Waals surface area (Å²) in [5.74, 6) is -1.50. The zero-order valence-electron chi connectivity index (χ0n) is 11.5. The fourth-order valence-corrected chi connectivity index (χ4v) is 2.78. The highest BCUT2D eigenvalue weighted by Gasteiger charge is 2.34. The van der Waals surface area contributed by atoms with Crippen molar-refractivity contribution in [1.82, 2.24) is 5.32 Å². The van der Waals surface area contributed by atoms with E-state index < -0.39 is 31.5 Å². The molecule has 0 rings (SSSR count). The molecule has 3 N–H and O–H groups in total. The van der Waals surface area contributed by atoms with Gasteiger partial charge in [-0.2, -0.15) is 0 Å². The summed E-state index contributed by atoms with van der Waals surface area (Å²) in [6, 6.07) is 0. The third-order valence-electron chi connectivity index (χ3n) is 2.11. The third kappa shape index (κ3) is 6.04. The van der Waals surface area contributed by atoms with E-state index in [9.17, 15) is 14.2 Å². The van der Waals surface area contributed by atoms with E-state index >= 15 is 0 Å². The van der Waals surface area contributed by atoms with Gasteiger partial charge in [-0.05, 0) is 27.7 Å². The predicted molar refractivity (Wildman–Crippen MR) is 68.6 cm³/mol. The molecule has 0 aromatic carbocycles. The Morgan fingerprint density at radius 2 is 1.68 bits per heavy atom. The average Bonchev–Trinajstić information content (AvgIpc) is 2.28. The Bertz CT molecular complexity index is 352. The molecule has 2 amide bonds. The SMILES string of the molecule is CCOP(=O)(OCC)[C@H](C)NC(=O)[C@H](C)OC(N)=O. The summed E-state index contributed by atoms with van der Waals surface area (Å²) in [5.41, 5.74) is 4.80. The Morgan fingerprint density at radius 3 is 2.05 bits per heavy atom. The molecule has 0 radical (unpaired) electrons. The van der Waals surface area contributed by atoms with Gasteiger partial charge in [0.15, 0.2) is 6.10 Å². The molecule has 19 heavy (non-hydrogen) atoms. The number of rotatable bonds is 8. The van der Waals surface area contributed by atoms with E-state index in [1.54, 1.807) is 13.8 Å². The fourth-order valence-electron chi connectivity index (χ4n) is 1.25. The molecule has 112 valence electrons. The van der Waals surface area contributed by atoms with Crippen LogP contribution in [0.25, 0.3) is 0 Å². The highest BCUT2D eigenvalue weighted by Crippen LogP contribution is 2.51. The topological polar surface area (TPSA) is 117 Å². The van der Waals surface area contributed by atoms with E-state index in [2.05, 4.69) is 10.1 Å². The lowest BCUT2D eigenvalue weighted by Crippen LogP contribution is -2.41. The average molecular weight is 296 g/mol. The first kappa shape index (κ1) is 17.9. The maximum Gasteiger partial charge on any atom is 0.405 e. The number of amides is 2. The van der Waals surface area contributed by atoms with Crippen LogP contribution in [0.15, 0.2) is 0 Å². The molecule has 0 aromatic heterocycles. The molecule has 2 atom stereocenters. The molecule has 0 saturated heterocycles. The molecule has 9 heteroatoms. The number of primary amides is 1. The maximum atomic E-state index is 12.3. The van der Waals surface area contributed by atoms with E-state index in [0.29, 0.717) is 0 Å². The second-order valence-corrected chi connectivity index (χ2v) is 6.01. The van der Waals surface area contributed by atoms with Crippen LogP contribution < -0.4 is 11.1 Å². The molecule has 0 aliphatic heterocycles. The van der Waals surface area contributed by atoms with Crippen LogP contribution in [0.3, 0.4) is 0 Å². The molecule has 0 spiro atoms. The summed E-state index contributed by atoms with van der Waals surface area (Å²) < 4.78 is 27.0. The van der Waals surface area contributed by atoms with Crippen molar-refractivity contribution < 1.29 is 27.9 Å². The van der Waals surface area contributed by atoms with Crippen LogP contribution >= 0.6 is 7.60 Å². The summed E-state index contributed by atoms with van der Waals surface area (Å²) in [6.45, 7) is 6.54. The van der Waals surface area contributed by atoms with Gasteiger partial charge < -0.3 is 24.8 Å². The van der Waals surface area contributed by atoms with Gasteiger partial charge in [0.05, 0.1) is 13.2 Å². The van der Waals surface area contributed by atoms with E-state index in [-0.39, 0.29) is 13.2 Å². The van der Waals surface area contributed by atoms with Gasteiger partial charge in [0.25, 0.3) is 5.91 Å². The first-order valence-electron chi connectivity index (χ1n) is 5.92. The molecule has 0 unspecified atom stereocenters. The summed E-state index contributed by atoms with van der Waals surface area (Å²) in [5, 5.41) is 2.41. The van der Waals surface area contributed by atoms with Crippen LogP contribution in [-0.4, -0.2) is 37.1 Å². The second-order valence-electron chi connectivity index (χ2n) is 3.64. The molecule has 0 saturated carbocycles. The Kier molecular flexibility index (Phi) is 7.66. The van der Waals surface area contributed by atoms with Gasteiger partial charge in [-0.1, -0.05) is 0 Å². The minimum absolute atomic E-state index is 0.185. The normalized spacial score (nSPS) is 14.5. The summed E-state index contributed by atoms with van der Waals surface area (Å²) >= 11 is 0. The summed E-state index contributed by atoms with van der Waals surface area (Å²) in [6.07, 6.45) is -2.15. The number of hydrogen-bond donors (Lipinski definition) is 2. The van der Waals surface area contributed by atoms with Crippen LogP contribution in [0.1, 0.15) is 27.7 Å². The summed E-state index contributed by atoms with van der Waals surface area (Å²) in [7, 11) is -3.44. The molecule has 8 nitrogen and oxygen atoms in total. The first-order valence-corrected chi connectivity index (χ1v) is 7.53. The van der Waals surface area contributed by atoms with Crippen molar-refractivity contribution in [3.8, 4) is 0 Å². The molecule has 0 aromatic rings. The zero-order chi connectivity index (χ0) is 15.1. The minimum Gasteiger partial charge on any atom is -0.437 e. The molecule has 0 bridgehead atoms. The number of nitrogens with one attached hydrogen (secondary N) is 1. The quantitative estimate of drug-likeness (QED) is 0.650. The predicted octanol–water partition coefficient (Wildman–Crippen LogP) is 1.20. The van der Waals surface area contributed by atoms with Crippen molar-refractivity contribution in [1.29, 1.82) is 0 Å². The molecule has 0 aliphatic carbocycles. The van der Waals surface area contributed by atoms with Crippen LogP contribution in [0.4, 0.5) is 4.79 Å². The van der Waals surface area contributed by atoms with Crippen molar-refractivity contribution in [2.24, 2.45) is 5.73 Å². The van der Waals surface area contributed by atoms with Gasteiger partial charge in [-0.3, -0.25) is 9.36 Å². The number of carbonyl (C=O) groups excluding carboxylic acids is 2. The van der Waals surface area contributed by atoms with Crippen molar-refractivity contribution in [2.75, 3.05) is 13.2 Å². The van der Waals surface area contributed by atoms with E-state index in [4.69, 9.17) is 14.8 Å². The Balaban J connectivity index is 4.63. The largest absolute Gasteiger partial charge is 0.437 e. The Labute approximate surface area is 112 Å². The maximum absolute atomic E-state index is 12.3. The standard InChI is InChI=1S/C10H21N2O6P/c1-5-16-19(15,17-6-2)8(4)12-9(13)7(3)18-10(11)14/h7-8H,5-6H2,1-4H3,(H2,11,14)(H,12,13)/t7-,8+/m0/s1. The molecule has 0 aliphatic rings. The van der Waals surface area contributed by atoms with Crippen molar-refractivity contribution in [2.45, 2.75) is 39.6 Å². The zero-order valence-corrected chi connectivity index (χ0v) is 12.4. The van der Waals surface area contributed by atoms with Crippen LogP contribution in [0.5, 0.6) is 0 Å². The van der Waals surface area contributed by atoms with Gasteiger partial charge in [-0.25, -0.2) is 4.79 Å². The molecule has 0 fully saturated rings. The van der Waals surface area contributed by atoms with E-state index in [1.165, 1.54) is 13.8 Å². The van der Waals surface area contributed by atoms with E-state index in [1.807, 2.05) is 0 Å². The smallest absolute Gasteiger partial charge is 0.405 e. The number of ether oxygens (including phenoxy) is 1. The highest BCUT2D eigenvalue weighted by molar-refractivity contribution is 7.54. The van der Waals surface area contributed by atoms with Crippen molar-refractivity contribution in [3.63, 3.8) is 0 Å². The lowest BCUT2D eigenvalue weighted by atomic mass is 10.4. The lowest BCUT2D eigenvalue weighted by molar-refractivity contribution is -0.128. The second kappa shape index (κ2) is 8.14. The number of carbonyl (C=O) groups is 2. The van der Waals surface area contributed by atoms with Gasteiger partial charge in [0.1, 0.15) is 5.78 Å². The Morgan fingerprint density at radius 1 is 1.21 bits per heavy atom. The monoisotopic (exact) mass is 296 g/mol. The Hall–Kier alpha value is -1.11. The summed E-state index contributed by atoms with van der Waals surface area (Å²) in [4.78, 5) is 22.2. The molecular weight excluding hydrogens is 275 g/mol.